The molecule has 0 amide bonds. The summed E-state index contributed by atoms with van der Waals surface area (Å²) in [6.07, 6.45) is 1.66. The maximum Gasteiger partial charge on any atom is 0.133 e. The van der Waals surface area contributed by atoms with Gasteiger partial charge in [-0.3, -0.25) is 0 Å². The summed E-state index contributed by atoms with van der Waals surface area (Å²) in [5.74, 6) is 0. The standard InChI is InChI=1S/C20H17N3/c1-23(2)18-7-3-14(4-8-18)15-5-9-19-16(11-15)6-10-20(19)17(12-21)13-22/h3-5,7-9,11H,6,10H2,1-2H3. The zero-order valence-electron chi connectivity index (χ0n) is 13.3. The van der Waals surface area contributed by atoms with Gasteiger partial charge in [-0.1, -0.05) is 30.3 Å². The molecule has 1 aliphatic rings. The van der Waals surface area contributed by atoms with Gasteiger partial charge in [0.05, 0.1) is 0 Å². The molecule has 0 fully saturated rings. The van der Waals surface area contributed by atoms with Crippen LogP contribution in [-0.2, 0) is 6.42 Å². The Kier molecular flexibility index (Phi) is 3.87. The van der Waals surface area contributed by atoms with E-state index in [1.807, 2.05) is 32.3 Å². The molecule has 3 nitrogen and oxygen atoms in total. The van der Waals surface area contributed by atoms with Crippen molar-refractivity contribution in [1.29, 1.82) is 10.5 Å². The van der Waals surface area contributed by atoms with Crippen molar-refractivity contribution in [3.8, 4) is 23.3 Å². The maximum atomic E-state index is 9.08. The lowest BCUT2D eigenvalue weighted by molar-refractivity contribution is 1.08. The van der Waals surface area contributed by atoms with Gasteiger partial charge in [0.1, 0.15) is 17.7 Å². The van der Waals surface area contributed by atoms with Gasteiger partial charge in [-0.15, -0.1) is 0 Å². The molecule has 112 valence electrons. The second-order valence-electron chi connectivity index (χ2n) is 5.89. The van der Waals surface area contributed by atoms with Gasteiger partial charge >= 0.3 is 0 Å². The summed E-state index contributed by atoms with van der Waals surface area (Å²) >= 11 is 0. The highest BCUT2D eigenvalue weighted by atomic mass is 15.1. The lowest BCUT2D eigenvalue weighted by Crippen LogP contribution is -2.07. The van der Waals surface area contributed by atoms with Crippen LogP contribution in [0.15, 0.2) is 48.0 Å². The first-order valence-corrected chi connectivity index (χ1v) is 7.58. The third kappa shape index (κ3) is 2.70. The number of allylic oxidation sites excluding steroid dienone is 2. The van der Waals surface area contributed by atoms with Crippen LogP contribution in [0.2, 0.25) is 0 Å². The molecular weight excluding hydrogens is 282 g/mol. The zero-order chi connectivity index (χ0) is 16.4. The summed E-state index contributed by atoms with van der Waals surface area (Å²) in [6, 6.07) is 18.8. The van der Waals surface area contributed by atoms with E-state index in [9.17, 15) is 0 Å². The lowest BCUT2D eigenvalue weighted by atomic mass is 9.98. The van der Waals surface area contributed by atoms with Crippen LogP contribution in [0.5, 0.6) is 0 Å². The molecule has 23 heavy (non-hydrogen) atoms. The molecular formula is C20H17N3. The molecule has 0 aliphatic heterocycles. The van der Waals surface area contributed by atoms with Crippen molar-refractivity contribution in [2.75, 3.05) is 19.0 Å². The summed E-state index contributed by atoms with van der Waals surface area (Å²) in [5.41, 5.74) is 6.93. The van der Waals surface area contributed by atoms with Gasteiger partial charge in [0, 0.05) is 19.8 Å². The predicted molar refractivity (Wildman–Crippen MR) is 92.7 cm³/mol. The van der Waals surface area contributed by atoms with Crippen LogP contribution in [0.1, 0.15) is 17.5 Å². The number of benzene rings is 2. The molecule has 0 heterocycles. The number of nitriles is 2. The summed E-state index contributed by atoms with van der Waals surface area (Å²) in [7, 11) is 4.06. The Bertz CT molecular complexity index is 843. The zero-order valence-corrected chi connectivity index (χ0v) is 13.3. The molecule has 0 unspecified atom stereocenters. The second-order valence-corrected chi connectivity index (χ2v) is 5.89. The van der Waals surface area contributed by atoms with Crippen LogP contribution in [-0.4, -0.2) is 14.1 Å². The molecule has 0 aromatic heterocycles. The van der Waals surface area contributed by atoms with Gasteiger partial charge in [-0.25, -0.2) is 0 Å². The molecule has 3 heteroatoms. The fourth-order valence-corrected chi connectivity index (χ4v) is 3.04. The number of hydrogen-bond donors (Lipinski definition) is 0. The normalized spacial score (nSPS) is 12.3. The van der Waals surface area contributed by atoms with Gasteiger partial charge in [-0.2, -0.15) is 10.5 Å². The van der Waals surface area contributed by atoms with E-state index < -0.39 is 0 Å². The first-order valence-electron chi connectivity index (χ1n) is 7.58. The highest BCUT2D eigenvalue weighted by Gasteiger charge is 2.20. The molecule has 1 aliphatic carbocycles. The Labute approximate surface area is 136 Å². The van der Waals surface area contributed by atoms with Crippen LogP contribution in [0.4, 0.5) is 5.69 Å². The molecule has 0 bridgehead atoms. The van der Waals surface area contributed by atoms with E-state index in [0.717, 1.165) is 24.0 Å². The second kappa shape index (κ2) is 5.99. The molecule has 2 aromatic carbocycles. The third-order valence-corrected chi connectivity index (χ3v) is 4.32. The first-order chi connectivity index (χ1) is 11.1. The number of fused-ring (bicyclic) bond motifs is 1. The monoisotopic (exact) mass is 299 g/mol. The lowest BCUT2D eigenvalue weighted by Gasteiger charge is -2.13. The van der Waals surface area contributed by atoms with Gasteiger partial charge in [0.15, 0.2) is 0 Å². The Morgan fingerprint density at radius 1 is 0.913 bits per heavy atom. The van der Waals surface area contributed by atoms with Crippen LogP contribution in [0.25, 0.3) is 16.7 Å². The van der Waals surface area contributed by atoms with Crippen molar-refractivity contribution < 1.29 is 0 Å². The van der Waals surface area contributed by atoms with Gasteiger partial charge in [0.2, 0.25) is 0 Å². The minimum Gasteiger partial charge on any atom is -0.378 e. The van der Waals surface area contributed by atoms with Crippen LogP contribution >= 0.6 is 0 Å². The minimum absolute atomic E-state index is 0.242. The Morgan fingerprint density at radius 3 is 2.17 bits per heavy atom. The van der Waals surface area contributed by atoms with Crippen molar-refractivity contribution >= 4 is 11.3 Å². The average molecular weight is 299 g/mol. The highest BCUT2D eigenvalue weighted by Crippen LogP contribution is 2.36. The van der Waals surface area contributed by atoms with E-state index in [1.54, 1.807) is 0 Å². The number of anilines is 1. The van der Waals surface area contributed by atoms with E-state index in [-0.39, 0.29) is 5.57 Å². The van der Waals surface area contributed by atoms with Gasteiger partial charge < -0.3 is 4.90 Å². The highest BCUT2D eigenvalue weighted by molar-refractivity contribution is 5.82. The Balaban J connectivity index is 1.99. The van der Waals surface area contributed by atoms with Crippen molar-refractivity contribution in [2.24, 2.45) is 0 Å². The quantitative estimate of drug-likeness (QED) is 0.782. The van der Waals surface area contributed by atoms with E-state index in [4.69, 9.17) is 10.5 Å². The smallest absolute Gasteiger partial charge is 0.133 e. The minimum atomic E-state index is 0.242. The van der Waals surface area contributed by atoms with Gasteiger partial charge in [0.25, 0.3) is 0 Å². The fourth-order valence-electron chi connectivity index (χ4n) is 3.04. The van der Waals surface area contributed by atoms with Crippen molar-refractivity contribution in [1.82, 2.24) is 0 Å². The molecule has 0 atom stereocenters. The van der Waals surface area contributed by atoms with E-state index in [2.05, 4.69) is 41.3 Å². The van der Waals surface area contributed by atoms with E-state index >= 15 is 0 Å². The SMILES string of the molecule is CN(C)c1ccc(-c2ccc3c(c2)CCC3=C(C#N)C#N)cc1. The van der Waals surface area contributed by atoms with E-state index in [0.29, 0.717) is 0 Å². The van der Waals surface area contributed by atoms with Crippen LogP contribution in [0, 0.1) is 22.7 Å². The third-order valence-electron chi connectivity index (χ3n) is 4.32. The Morgan fingerprint density at radius 2 is 1.57 bits per heavy atom. The summed E-state index contributed by atoms with van der Waals surface area (Å²) in [6.45, 7) is 0. The molecule has 0 saturated carbocycles. The van der Waals surface area contributed by atoms with E-state index in [1.165, 1.54) is 22.4 Å². The van der Waals surface area contributed by atoms with Crippen LogP contribution in [0.3, 0.4) is 0 Å². The topological polar surface area (TPSA) is 50.8 Å². The number of nitrogens with zero attached hydrogens (tertiary/aromatic N) is 3. The van der Waals surface area contributed by atoms with Crippen LogP contribution < -0.4 is 4.90 Å². The number of rotatable bonds is 2. The largest absolute Gasteiger partial charge is 0.378 e. The summed E-state index contributed by atoms with van der Waals surface area (Å²) in [5, 5.41) is 18.2. The van der Waals surface area contributed by atoms with Crippen molar-refractivity contribution in [2.45, 2.75) is 12.8 Å². The van der Waals surface area contributed by atoms with Crippen molar-refractivity contribution in [3.05, 3.63) is 59.2 Å². The molecule has 3 rings (SSSR count). The summed E-state index contributed by atoms with van der Waals surface area (Å²) < 4.78 is 0. The molecule has 0 N–H and O–H groups in total. The molecule has 0 radical (unpaired) electrons. The predicted octanol–water partition coefficient (Wildman–Crippen LogP) is 4.17. The van der Waals surface area contributed by atoms with Crippen molar-refractivity contribution in [3.63, 3.8) is 0 Å². The molecule has 0 saturated heterocycles. The van der Waals surface area contributed by atoms with Gasteiger partial charge in [-0.05, 0) is 52.8 Å². The fraction of sp³-hybridized carbons (Fsp3) is 0.200. The molecule has 0 spiro atoms. The summed E-state index contributed by atoms with van der Waals surface area (Å²) in [4.78, 5) is 2.08. The Hall–Kier alpha value is -3.04. The first kappa shape index (κ1) is 14.9. The number of aryl methyl sites for hydroxylation is 1. The maximum absolute atomic E-state index is 9.08. The number of hydrogen-bond acceptors (Lipinski definition) is 3. The molecule has 2 aromatic rings. The average Bonchev–Trinajstić information content (AvgIpc) is 2.99.